The van der Waals surface area contributed by atoms with Crippen LogP contribution in [0.15, 0.2) is 29.2 Å². The van der Waals surface area contributed by atoms with Gasteiger partial charge in [-0.15, -0.1) is 0 Å². The van der Waals surface area contributed by atoms with Gasteiger partial charge < -0.3 is 4.74 Å². The second-order valence-electron chi connectivity index (χ2n) is 4.94. The van der Waals surface area contributed by atoms with Crippen LogP contribution in [0, 0.1) is 0 Å². The van der Waals surface area contributed by atoms with Crippen LogP contribution in [0.2, 0.25) is 0 Å². The Balaban J connectivity index is 2.51. The van der Waals surface area contributed by atoms with Crippen molar-refractivity contribution >= 4 is 9.84 Å². The fourth-order valence-corrected chi connectivity index (χ4v) is 3.42. The van der Waals surface area contributed by atoms with Gasteiger partial charge in [0.25, 0.3) is 0 Å². The van der Waals surface area contributed by atoms with Crippen molar-refractivity contribution in [3.8, 4) is 0 Å². The monoisotopic (exact) mass is 254 g/mol. The summed E-state index contributed by atoms with van der Waals surface area (Å²) in [5.74, 6) is 0. The van der Waals surface area contributed by atoms with Gasteiger partial charge in [-0.25, -0.2) is 8.42 Å². The highest BCUT2D eigenvalue weighted by molar-refractivity contribution is 7.90. The summed E-state index contributed by atoms with van der Waals surface area (Å²) in [6, 6.07) is 7.32. The van der Waals surface area contributed by atoms with Gasteiger partial charge in [-0.2, -0.15) is 0 Å². The van der Waals surface area contributed by atoms with E-state index in [9.17, 15) is 8.42 Å². The van der Waals surface area contributed by atoms with Crippen molar-refractivity contribution in [3.05, 3.63) is 29.8 Å². The lowest BCUT2D eigenvalue weighted by atomic mass is 9.76. The molecule has 0 bridgehead atoms. The maximum Gasteiger partial charge on any atom is 0.175 e. The molecule has 0 unspecified atom stereocenters. The van der Waals surface area contributed by atoms with Gasteiger partial charge in [0.2, 0.25) is 0 Å². The van der Waals surface area contributed by atoms with Crippen molar-refractivity contribution in [1.29, 1.82) is 0 Å². The lowest BCUT2D eigenvalue weighted by molar-refractivity contribution is 0.0555. The number of sulfone groups is 1. The first-order valence-electron chi connectivity index (χ1n) is 5.81. The predicted molar refractivity (Wildman–Crippen MR) is 67.0 cm³/mol. The Kier molecular flexibility index (Phi) is 3.27. The molecule has 94 valence electrons. The molecule has 0 N–H and O–H groups in total. The maximum atomic E-state index is 11.8. The Morgan fingerprint density at radius 2 is 1.76 bits per heavy atom. The first-order chi connectivity index (χ1) is 7.93. The smallest absolute Gasteiger partial charge is 0.175 e. The Labute approximate surface area is 103 Å². The van der Waals surface area contributed by atoms with Crippen molar-refractivity contribution in [2.75, 3.05) is 19.5 Å². The van der Waals surface area contributed by atoms with E-state index in [2.05, 4.69) is 6.92 Å². The third kappa shape index (κ3) is 2.53. The van der Waals surface area contributed by atoms with Crippen molar-refractivity contribution in [2.45, 2.75) is 30.1 Å². The molecular formula is C13H18O3S. The molecule has 1 aromatic carbocycles. The fourth-order valence-electron chi connectivity index (χ4n) is 2.38. The minimum atomic E-state index is -3.16. The summed E-state index contributed by atoms with van der Waals surface area (Å²) in [4.78, 5) is 0.462. The van der Waals surface area contributed by atoms with Gasteiger partial charge in [0, 0.05) is 19.5 Å². The molecule has 3 nitrogen and oxygen atoms in total. The average molecular weight is 254 g/mol. The summed E-state index contributed by atoms with van der Waals surface area (Å²) in [6.07, 6.45) is 3.02. The summed E-state index contributed by atoms with van der Waals surface area (Å²) in [6.45, 7) is 3.53. The van der Waals surface area contributed by atoms with Crippen LogP contribution in [-0.2, 0) is 20.0 Å². The van der Waals surface area contributed by atoms with Crippen molar-refractivity contribution < 1.29 is 13.2 Å². The lowest BCUT2D eigenvalue weighted by Crippen LogP contribution is -2.32. The molecule has 0 saturated carbocycles. The van der Waals surface area contributed by atoms with Gasteiger partial charge in [0.15, 0.2) is 9.84 Å². The molecule has 4 heteroatoms. The van der Waals surface area contributed by atoms with E-state index in [1.54, 1.807) is 12.1 Å². The first-order valence-corrected chi connectivity index (χ1v) is 7.70. The Morgan fingerprint density at radius 1 is 1.18 bits per heavy atom. The molecule has 17 heavy (non-hydrogen) atoms. The van der Waals surface area contributed by atoms with Crippen molar-refractivity contribution in [1.82, 2.24) is 0 Å². The molecule has 0 aromatic heterocycles. The number of hydrogen-bond acceptors (Lipinski definition) is 3. The SMILES string of the molecule is CC1(c2ccccc2S(C)(=O)=O)CCOCC1. The molecule has 0 spiro atoms. The van der Waals surface area contributed by atoms with Crippen LogP contribution in [0.25, 0.3) is 0 Å². The Morgan fingerprint density at radius 3 is 2.35 bits per heavy atom. The summed E-state index contributed by atoms with van der Waals surface area (Å²) >= 11 is 0. The molecule has 2 rings (SSSR count). The summed E-state index contributed by atoms with van der Waals surface area (Å²) < 4.78 is 29.0. The van der Waals surface area contributed by atoms with Crippen LogP contribution < -0.4 is 0 Å². The summed E-state index contributed by atoms with van der Waals surface area (Å²) in [5.41, 5.74) is 0.851. The zero-order valence-corrected chi connectivity index (χ0v) is 11.1. The zero-order chi connectivity index (χ0) is 12.5. The van der Waals surface area contributed by atoms with E-state index in [1.165, 1.54) is 6.26 Å². The fraction of sp³-hybridized carbons (Fsp3) is 0.538. The highest BCUT2D eigenvalue weighted by Crippen LogP contribution is 2.37. The standard InChI is InChI=1S/C13H18O3S/c1-13(7-9-16-10-8-13)11-5-3-4-6-12(11)17(2,14)15/h3-6H,7-10H2,1-2H3. The molecule has 1 aromatic rings. The van der Waals surface area contributed by atoms with Crippen LogP contribution in [0.5, 0.6) is 0 Å². The van der Waals surface area contributed by atoms with Crippen molar-refractivity contribution in [3.63, 3.8) is 0 Å². The molecule has 1 aliphatic rings. The first kappa shape index (κ1) is 12.6. The van der Waals surface area contributed by atoms with Gasteiger partial charge in [-0.1, -0.05) is 25.1 Å². The van der Waals surface area contributed by atoms with Gasteiger partial charge in [0.1, 0.15) is 0 Å². The zero-order valence-electron chi connectivity index (χ0n) is 10.3. The normalized spacial score (nSPS) is 20.1. The summed E-state index contributed by atoms with van der Waals surface area (Å²) in [5, 5.41) is 0. The highest BCUT2D eigenvalue weighted by Gasteiger charge is 2.33. The minimum absolute atomic E-state index is 0.0854. The van der Waals surface area contributed by atoms with Gasteiger partial charge in [-0.3, -0.25) is 0 Å². The number of ether oxygens (including phenoxy) is 1. The predicted octanol–water partition coefficient (Wildman–Crippen LogP) is 2.16. The van der Waals surface area contributed by atoms with Gasteiger partial charge >= 0.3 is 0 Å². The molecule has 1 fully saturated rings. The quantitative estimate of drug-likeness (QED) is 0.812. The summed E-state index contributed by atoms with van der Waals surface area (Å²) in [7, 11) is -3.16. The molecule has 1 saturated heterocycles. The van der Waals surface area contributed by atoms with E-state index in [-0.39, 0.29) is 5.41 Å². The number of hydrogen-bond donors (Lipinski definition) is 0. The third-order valence-corrected chi connectivity index (χ3v) is 4.69. The second-order valence-corrected chi connectivity index (χ2v) is 6.93. The van der Waals surface area contributed by atoms with Crippen LogP contribution in [0.4, 0.5) is 0 Å². The average Bonchev–Trinajstić information content (AvgIpc) is 2.29. The second kappa shape index (κ2) is 4.42. The van der Waals surface area contributed by atoms with Gasteiger partial charge in [-0.05, 0) is 29.9 Å². The van der Waals surface area contributed by atoms with Crippen LogP contribution in [0.1, 0.15) is 25.3 Å². The van der Waals surface area contributed by atoms with E-state index < -0.39 is 9.84 Å². The number of benzene rings is 1. The topological polar surface area (TPSA) is 43.4 Å². The highest BCUT2D eigenvalue weighted by atomic mass is 32.2. The lowest BCUT2D eigenvalue weighted by Gasteiger charge is -2.35. The van der Waals surface area contributed by atoms with Crippen molar-refractivity contribution in [2.24, 2.45) is 0 Å². The van der Waals surface area contributed by atoms with E-state index in [0.29, 0.717) is 18.1 Å². The Hall–Kier alpha value is -0.870. The molecule has 0 amide bonds. The van der Waals surface area contributed by atoms with Crippen LogP contribution in [-0.4, -0.2) is 27.9 Å². The number of rotatable bonds is 2. The molecule has 1 heterocycles. The molecule has 0 aliphatic carbocycles. The van der Waals surface area contributed by atoms with E-state index in [4.69, 9.17) is 4.74 Å². The van der Waals surface area contributed by atoms with Crippen LogP contribution >= 0.6 is 0 Å². The van der Waals surface area contributed by atoms with E-state index in [1.807, 2.05) is 12.1 Å². The van der Waals surface area contributed by atoms with Crippen LogP contribution in [0.3, 0.4) is 0 Å². The molecule has 0 radical (unpaired) electrons. The minimum Gasteiger partial charge on any atom is -0.381 e. The molecule has 0 atom stereocenters. The van der Waals surface area contributed by atoms with E-state index in [0.717, 1.165) is 18.4 Å². The van der Waals surface area contributed by atoms with E-state index >= 15 is 0 Å². The molecule has 1 aliphatic heterocycles. The van der Waals surface area contributed by atoms with Gasteiger partial charge in [0.05, 0.1) is 4.90 Å². The maximum absolute atomic E-state index is 11.8. The third-order valence-electron chi connectivity index (χ3n) is 3.53. The largest absolute Gasteiger partial charge is 0.381 e. The Bertz CT molecular complexity index is 499. The molecular weight excluding hydrogens is 236 g/mol.